The highest BCUT2D eigenvalue weighted by atomic mass is 35.5. The van der Waals surface area contributed by atoms with E-state index in [2.05, 4.69) is 0 Å². The minimum absolute atomic E-state index is 0. The third kappa shape index (κ3) is 7.63. The molecule has 0 aromatic carbocycles. The Bertz CT molecular complexity index is 299. The summed E-state index contributed by atoms with van der Waals surface area (Å²) in [5, 5.41) is 20.9. The molecule has 0 heterocycles. The van der Waals surface area contributed by atoms with Crippen LogP contribution in [0.2, 0.25) is 0 Å². The van der Waals surface area contributed by atoms with Gasteiger partial charge in [-0.05, 0) is 5.92 Å². The Labute approximate surface area is 115 Å². The van der Waals surface area contributed by atoms with Crippen LogP contribution in [0.25, 0.3) is 0 Å². The van der Waals surface area contributed by atoms with E-state index in [1.807, 2.05) is 13.8 Å². The maximum Gasteiger partial charge on any atom is 0.177 e. The summed E-state index contributed by atoms with van der Waals surface area (Å²) in [7, 11) is 5.38. The van der Waals surface area contributed by atoms with Gasteiger partial charge in [-0.2, -0.15) is 0 Å². The monoisotopic (exact) mass is 281 g/mol. The molecule has 6 heteroatoms. The molecule has 0 aliphatic heterocycles. The minimum atomic E-state index is -1.83. The lowest BCUT2D eigenvalue weighted by atomic mass is 9.88. The van der Waals surface area contributed by atoms with Crippen molar-refractivity contribution in [3.05, 3.63) is 0 Å². The number of carbonyl (C=O) groups excluding carboxylic acids is 2. The molecule has 0 fully saturated rings. The summed E-state index contributed by atoms with van der Waals surface area (Å²) in [6.07, 6.45) is -0.474. The zero-order chi connectivity index (χ0) is 13.9. The zero-order valence-corrected chi connectivity index (χ0v) is 12.5. The lowest BCUT2D eigenvalue weighted by Crippen LogP contribution is -2.56. The van der Waals surface area contributed by atoms with Crippen LogP contribution >= 0.6 is 12.4 Å². The van der Waals surface area contributed by atoms with Gasteiger partial charge < -0.3 is 19.5 Å². The Morgan fingerprint density at radius 2 is 1.72 bits per heavy atom. The minimum Gasteiger partial charge on any atom is -0.550 e. The van der Waals surface area contributed by atoms with Crippen molar-refractivity contribution in [2.24, 2.45) is 5.92 Å². The van der Waals surface area contributed by atoms with Crippen LogP contribution in [0.4, 0.5) is 0 Å². The number of aliphatic hydroxyl groups is 1. The Morgan fingerprint density at radius 3 is 2.00 bits per heavy atom. The van der Waals surface area contributed by atoms with Crippen molar-refractivity contribution in [1.29, 1.82) is 0 Å². The number of likely N-dealkylation sites (N-methyl/N-ethyl adjacent to an activating group) is 1. The molecule has 0 aromatic rings. The van der Waals surface area contributed by atoms with Crippen LogP contribution in [0.1, 0.15) is 26.7 Å². The van der Waals surface area contributed by atoms with Crippen molar-refractivity contribution in [2.75, 3.05) is 27.7 Å². The van der Waals surface area contributed by atoms with Crippen molar-refractivity contribution >= 4 is 24.2 Å². The number of carboxylic acids is 1. The van der Waals surface area contributed by atoms with Gasteiger partial charge in [0.05, 0.1) is 21.1 Å². The Hall–Kier alpha value is -0.650. The van der Waals surface area contributed by atoms with Gasteiger partial charge in [0.2, 0.25) is 0 Å². The summed E-state index contributed by atoms with van der Waals surface area (Å²) >= 11 is 0. The fourth-order valence-corrected chi connectivity index (χ4v) is 1.83. The standard InChI is InChI=1S/C12H23NO4.ClH/c1-9(2)6-10(14)12(17,7-11(15)16)8-13(3,4)5;/h9,17H,6-8H2,1-5H3;1H/t12-;/m1./s1. The topological polar surface area (TPSA) is 77.4 Å². The highest BCUT2D eigenvalue weighted by Crippen LogP contribution is 2.19. The maximum atomic E-state index is 11.9. The van der Waals surface area contributed by atoms with E-state index >= 15 is 0 Å². The molecule has 0 aliphatic carbocycles. The van der Waals surface area contributed by atoms with E-state index in [4.69, 9.17) is 0 Å². The highest BCUT2D eigenvalue weighted by molar-refractivity contribution is 5.90. The lowest BCUT2D eigenvalue weighted by molar-refractivity contribution is -0.875. The molecular formula is C12H24ClNO4. The molecule has 1 N–H and O–H groups in total. The van der Waals surface area contributed by atoms with Gasteiger partial charge in [0, 0.05) is 18.8 Å². The first kappa shape index (κ1) is 19.7. The fraction of sp³-hybridized carbons (Fsp3) is 0.833. The quantitative estimate of drug-likeness (QED) is 0.644. The Balaban J connectivity index is 0. The first-order chi connectivity index (χ1) is 7.46. The lowest BCUT2D eigenvalue weighted by Gasteiger charge is -2.35. The van der Waals surface area contributed by atoms with E-state index in [9.17, 15) is 19.8 Å². The smallest absolute Gasteiger partial charge is 0.177 e. The van der Waals surface area contributed by atoms with E-state index in [-0.39, 0.29) is 31.3 Å². The number of ketones is 1. The molecule has 0 amide bonds. The van der Waals surface area contributed by atoms with Crippen LogP contribution in [0.3, 0.4) is 0 Å². The first-order valence-corrected chi connectivity index (χ1v) is 5.72. The van der Waals surface area contributed by atoms with Gasteiger partial charge in [-0.3, -0.25) is 4.79 Å². The van der Waals surface area contributed by atoms with Gasteiger partial charge in [-0.1, -0.05) is 13.8 Å². The number of Topliss-reactive ketones (excluding diaryl/α,β-unsaturated/α-hetero) is 1. The van der Waals surface area contributed by atoms with E-state index in [0.29, 0.717) is 4.48 Å². The average Bonchev–Trinajstić information content (AvgIpc) is 1.96. The van der Waals surface area contributed by atoms with Gasteiger partial charge in [0.1, 0.15) is 6.54 Å². The summed E-state index contributed by atoms with van der Waals surface area (Å²) in [6, 6.07) is 0. The van der Waals surface area contributed by atoms with Crippen LogP contribution in [0, 0.1) is 5.92 Å². The van der Waals surface area contributed by atoms with Crippen molar-refractivity contribution in [3.8, 4) is 0 Å². The second-order valence-corrected chi connectivity index (χ2v) is 6.05. The van der Waals surface area contributed by atoms with E-state index in [1.54, 1.807) is 21.1 Å². The number of rotatable bonds is 7. The van der Waals surface area contributed by atoms with Crippen LogP contribution in [-0.4, -0.2) is 54.6 Å². The second kappa shape index (κ2) is 7.07. The van der Waals surface area contributed by atoms with Gasteiger partial charge in [0.25, 0.3) is 0 Å². The number of hydrogen-bond acceptors (Lipinski definition) is 4. The van der Waals surface area contributed by atoms with Crippen LogP contribution < -0.4 is 5.11 Å². The van der Waals surface area contributed by atoms with E-state index in [1.165, 1.54) is 0 Å². The summed E-state index contributed by atoms with van der Waals surface area (Å²) in [5.74, 6) is -1.74. The molecule has 18 heavy (non-hydrogen) atoms. The molecule has 0 aromatic heterocycles. The number of carboxylic acid groups (broad SMARTS) is 1. The molecule has 0 bridgehead atoms. The summed E-state index contributed by atoms with van der Waals surface area (Å²) in [5.41, 5.74) is -1.83. The molecule has 0 spiro atoms. The van der Waals surface area contributed by atoms with Gasteiger partial charge in [-0.25, -0.2) is 0 Å². The van der Waals surface area contributed by atoms with E-state index in [0.717, 1.165) is 0 Å². The molecule has 0 radical (unpaired) electrons. The largest absolute Gasteiger partial charge is 0.550 e. The molecule has 108 valence electrons. The molecule has 1 atom stereocenters. The van der Waals surface area contributed by atoms with Gasteiger partial charge in [0.15, 0.2) is 11.4 Å². The number of quaternary nitrogens is 1. The molecule has 5 nitrogen and oxygen atoms in total. The van der Waals surface area contributed by atoms with Crippen LogP contribution in [0.15, 0.2) is 0 Å². The predicted octanol–water partition coefficient (Wildman–Crippen LogP) is -0.399. The normalized spacial score (nSPS) is 14.8. The highest BCUT2D eigenvalue weighted by Gasteiger charge is 2.40. The summed E-state index contributed by atoms with van der Waals surface area (Å²) in [4.78, 5) is 22.6. The first-order valence-electron chi connectivity index (χ1n) is 5.72. The summed E-state index contributed by atoms with van der Waals surface area (Å²) in [6.45, 7) is 3.76. The maximum absolute atomic E-state index is 11.9. The van der Waals surface area contributed by atoms with Crippen molar-refractivity contribution in [2.45, 2.75) is 32.3 Å². The fourth-order valence-electron chi connectivity index (χ4n) is 1.83. The van der Waals surface area contributed by atoms with E-state index < -0.39 is 23.8 Å². The van der Waals surface area contributed by atoms with Gasteiger partial charge in [-0.15, -0.1) is 12.4 Å². The number of aliphatic carboxylic acids is 1. The molecule has 0 unspecified atom stereocenters. The summed E-state index contributed by atoms with van der Waals surface area (Å²) < 4.78 is 0.313. The second-order valence-electron chi connectivity index (χ2n) is 6.05. The molecule has 0 saturated carbocycles. The SMILES string of the molecule is CC(C)CC(=O)[C@@](O)(CC(=O)[O-])C[N+](C)(C)C.Cl. The van der Waals surface area contributed by atoms with Gasteiger partial charge >= 0.3 is 0 Å². The number of nitrogens with zero attached hydrogens (tertiary/aromatic N) is 1. The zero-order valence-electron chi connectivity index (χ0n) is 11.7. The van der Waals surface area contributed by atoms with Crippen molar-refractivity contribution in [1.82, 2.24) is 0 Å². The molecule has 0 rings (SSSR count). The molecule has 0 aliphatic rings. The Morgan fingerprint density at radius 1 is 1.28 bits per heavy atom. The third-order valence-electron chi connectivity index (χ3n) is 2.29. The third-order valence-corrected chi connectivity index (χ3v) is 2.29. The van der Waals surface area contributed by atoms with Crippen molar-refractivity contribution in [3.63, 3.8) is 0 Å². The number of carbonyl (C=O) groups is 2. The molecular weight excluding hydrogens is 258 g/mol. The average molecular weight is 282 g/mol. The Kier molecular flexibility index (Phi) is 7.73. The number of hydrogen-bond donors (Lipinski definition) is 1. The number of halogens is 1. The predicted molar refractivity (Wildman–Crippen MR) is 69.2 cm³/mol. The van der Waals surface area contributed by atoms with Crippen LogP contribution in [0.5, 0.6) is 0 Å². The van der Waals surface area contributed by atoms with Crippen LogP contribution in [-0.2, 0) is 9.59 Å². The van der Waals surface area contributed by atoms with Crippen molar-refractivity contribution < 1.29 is 24.3 Å². The molecule has 0 saturated heterocycles.